The molecule has 1 fully saturated rings. The number of imide groups is 1. The summed E-state index contributed by atoms with van der Waals surface area (Å²) < 4.78 is 1.49. The van der Waals surface area contributed by atoms with E-state index in [0.717, 1.165) is 9.04 Å². The third kappa shape index (κ3) is 3.06. The van der Waals surface area contributed by atoms with Gasteiger partial charge in [0.2, 0.25) is 0 Å². The van der Waals surface area contributed by atoms with Crippen LogP contribution in [-0.4, -0.2) is 44.6 Å². The molecule has 3 rings (SSSR count). The summed E-state index contributed by atoms with van der Waals surface area (Å²) in [5.41, 5.74) is -0.134. The molecule has 1 aromatic carbocycles. The van der Waals surface area contributed by atoms with E-state index in [1.54, 1.807) is 19.9 Å². The van der Waals surface area contributed by atoms with Crippen LogP contribution in [0.3, 0.4) is 0 Å². The fraction of sp³-hybridized carbons (Fsp3) is 0.357. The van der Waals surface area contributed by atoms with Crippen molar-refractivity contribution in [1.82, 2.24) is 15.2 Å². The Kier molecular flexibility index (Phi) is 4.18. The van der Waals surface area contributed by atoms with Crippen LogP contribution in [0.15, 0.2) is 22.5 Å². The molecule has 1 aliphatic rings. The summed E-state index contributed by atoms with van der Waals surface area (Å²) in [6.45, 7) is 3.62. The molecule has 1 saturated heterocycles. The van der Waals surface area contributed by atoms with Gasteiger partial charge in [0.1, 0.15) is 5.54 Å². The Labute approximate surface area is 145 Å². The number of carbonyl (C=O) groups is 2. The van der Waals surface area contributed by atoms with Crippen LogP contribution in [0, 0.1) is 10.1 Å². The number of nitro groups is 1. The number of hydrogen-bond acceptors (Lipinski definition) is 7. The molecule has 3 amide bonds. The quantitative estimate of drug-likeness (QED) is 0.377. The maximum atomic E-state index is 12.1. The topological polar surface area (TPSA) is 105 Å². The average Bonchev–Trinajstić information content (AvgIpc) is 2.99. The van der Waals surface area contributed by atoms with E-state index >= 15 is 0 Å². The second kappa shape index (κ2) is 6.02. The number of amides is 3. The molecular formula is C14H14N4O4S2. The van der Waals surface area contributed by atoms with Crippen molar-refractivity contribution in [1.29, 1.82) is 0 Å². The lowest BCUT2D eigenvalue weighted by Gasteiger charge is -2.15. The maximum absolute atomic E-state index is 12.1. The van der Waals surface area contributed by atoms with Gasteiger partial charge in [-0.2, -0.15) is 0 Å². The minimum Gasteiger partial charge on any atom is -0.324 e. The SMILES string of the molecule is CC1(C)NC(=O)N(CCSc2nc3ccc([N+](=O)[O-])cc3s2)C1=O. The highest BCUT2D eigenvalue weighted by atomic mass is 32.2. The van der Waals surface area contributed by atoms with E-state index in [2.05, 4.69) is 10.3 Å². The van der Waals surface area contributed by atoms with Gasteiger partial charge < -0.3 is 5.32 Å². The first-order chi connectivity index (χ1) is 11.3. The molecule has 0 unspecified atom stereocenters. The number of fused-ring (bicyclic) bond motifs is 1. The van der Waals surface area contributed by atoms with Crippen LogP contribution in [0.4, 0.5) is 10.5 Å². The second-order valence-electron chi connectivity index (χ2n) is 5.75. The summed E-state index contributed by atoms with van der Waals surface area (Å²) in [5, 5.41) is 13.4. The van der Waals surface area contributed by atoms with Gasteiger partial charge >= 0.3 is 6.03 Å². The van der Waals surface area contributed by atoms with Crippen LogP contribution in [-0.2, 0) is 4.79 Å². The number of benzene rings is 1. The van der Waals surface area contributed by atoms with Crippen molar-refractivity contribution >= 4 is 50.9 Å². The van der Waals surface area contributed by atoms with Gasteiger partial charge in [0.05, 0.1) is 15.1 Å². The van der Waals surface area contributed by atoms with E-state index in [-0.39, 0.29) is 24.2 Å². The number of carbonyl (C=O) groups excluding carboxylic acids is 2. The Hall–Kier alpha value is -2.20. The first-order valence-electron chi connectivity index (χ1n) is 7.10. The van der Waals surface area contributed by atoms with Crippen molar-refractivity contribution in [3.63, 3.8) is 0 Å². The smallest absolute Gasteiger partial charge is 0.324 e. The Morgan fingerprint density at radius 2 is 2.17 bits per heavy atom. The van der Waals surface area contributed by atoms with Crippen LogP contribution in [0.2, 0.25) is 0 Å². The Bertz CT molecular complexity index is 848. The molecule has 0 saturated carbocycles. The minimum absolute atomic E-state index is 0.0317. The number of urea groups is 1. The summed E-state index contributed by atoms with van der Waals surface area (Å²) in [7, 11) is 0. The highest BCUT2D eigenvalue weighted by Gasteiger charge is 2.43. The fourth-order valence-electron chi connectivity index (χ4n) is 2.31. The molecule has 8 nitrogen and oxygen atoms in total. The molecule has 2 heterocycles. The van der Waals surface area contributed by atoms with Gasteiger partial charge in [0.15, 0.2) is 4.34 Å². The Balaban J connectivity index is 1.65. The van der Waals surface area contributed by atoms with E-state index in [4.69, 9.17) is 0 Å². The number of thiazole rings is 1. The first-order valence-corrected chi connectivity index (χ1v) is 8.90. The molecule has 1 aliphatic heterocycles. The molecule has 0 aliphatic carbocycles. The lowest BCUT2D eigenvalue weighted by atomic mass is 10.1. The highest BCUT2D eigenvalue weighted by molar-refractivity contribution is 8.01. The van der Waals surface area contributed by atoms with Crippen molar-refractivity contribution in [3.05, 3.63) is 28.3 Å². The second-order valence-corrected chi connectivity index (χ2v) is 8.12. The van der Waals surface area contributed by atoms with Crippen LogP contribution in [0.5, 0.6) is 0 Å². The van der Waals surface area contributed by atoms with E-state index in [1.807, 2.05) is 0 Å². The van der Waals surface area contributed by atoms with Gasteiger partial charge in [-0.25, -0.2) is 9.78 Å². The van der Waals surface area contributed by atoms with Gasteiger partial charge in [-0.1, -0.05) is 11.8 Å². The molecule has 2 aromatic rings. The normalized spacial score (nSPS) is 16.7. The molecule has 0 radical (unpaired) electrons. The number of nitrogens with zero attached hydrogens (tertiary/aromatic N) is 3. The van der Waals surface area contributed by atoms with Crippen LogP contribution in [0.25, 0.3) is 10.2 Å². The molecule has 0 bridgehead atoms. The molecule has 0 spiro atoms. The van der Waals surface area contributed by atoms with Crippen LogP contribution < -0.4 is 5.32 Å². The third-order valence-corrected chi connectivity index (χ3v) is 5.69. The van der Waals surface area contributed by atoms with Gasteiger partial charge in [-0.15, -0.1) is 11.3 Å². The first kappa shape index (κ1) is 16.7. The zero-order valence-corrected chi connectivity index (χ0v) is 14.6. The van der Waals surface area contributed by atoms with Gasteiger partial charge in [-0.3, -0.25) is 19.8 Å². The van der Waals surface area contributed by atoms with Gasteiger partial charge in [-0.05, 0) is 19.9 Å². The summed E-state index contributed by atoms with van der Waals surface area (Å²) in [5.74, 6) is 0.268. The summed E-state index contributed by atoms with van der Waals surface area (Å²) in [6, 6.07) is 4.15. The molecule has 10 heteroatoms. The third-order valence-electron chi connectivity index (χ3n) is 3.55. The molecule has 126 valence electrons. The maximum Gasteiger partial charge on any atom is 0.325 e. The van der Waals surface area contributed by atoms with Gasteiger partial charge in [0, 0.05) is 24.4 Å². The largest absolute Gasteiger partial charge is 0.325 e. The van der Waals surface area contributed by atoms with Crippen molar-refractivity contribution in [2.75, 3.05) is 12.3 Å². The highest BCUT2D eigenvalue weighted by Crippen LogP contribution is 2.32. The monoisotopic (exact) mass is 366 g/mol. The lowest BCUT2D eigenvalue weighted by Crippen LogP contribution is -2.40. The zero-order valence-electron chi connectivity index (χ0n) is 12.9. The zero-order chi connectivity index (χ0) is 17.5. The number of thioether (sulfide) groups is 1. The fourth-order valence-corrected chi connectivity index (χ4v) is 4.41. The van der Waals surface area contributed by atoms with Crippen molar-refractivity contribution in [3.8, 4) is 0 Å². The van der Waals surface area contributed by atoms with E-state index in [1.165, 1.54) is 40.1 Å². The van der Waals surface area contributed by atoms with Crippen molar-refractivity contribution < 1.29 is 14.5 Å². The molecule has 24 heavy (non-hydrogen) atoms. The van der Waals surface area contributed by atoms with Crippen LogP contribution >= 0.6 is 23.1 Å². The van der Waals surface area contributed by atoms with E-state index in [0.29, 0.717) is 11.3 Å². The van der Waals surface area contributed by atoms with Gasteiger partial charge in [0.25, 0.3) is 11.6 Å². The average molecular weight is 366 g/mol. The molecule has 0 atom stereocenters. The van der Waals surface area contributed by atoms with Crippen molar-refractivity contribution in [2.24, 2.45) is 0 Å². The lowest BCUT2D eigenvalue weighted by molar-refractivity contribution is -0.384. The molecule has 1 aromatic heterocycles. The predicted molar refractivity (Wildman–Crippen MR) is 91.3 cm³/mol. The molecular weight excluding hydrogens is 352 g/mol. The van der Waals surface area contributed by atoms with E-state index < -0.39 is 10.5 Å². The van der Waals surface area contributed by atoms with E-state index in [9.17, 15) is 19.7 Å². The number of rotatable bonds is 5. The number of non-ortho nitro benzene ring substituents is 1. The molecule has 1 N–H and O–H groups in total. The summed E-state index contributed by atoms with van der Waals surface area (Å²) in [4.78, 5) is 39.8. The summed E-state index contributed by atoms with van der Waals surface area (Å²) in [6.07, 6.45) is 0. The number of nitrogens with one attached hydrogen (secondary N) is 1. The van der Waals surface area contributed by atoms with Crippen molar-refractivity contribution in [2.45, 2.75) is 23.7 Å². The number of aromatic nitrogens is 1. The number of hydrogen-bond donors (Lipinski definition) is 1. The van der Waals surface area contributed by atoms with Crippen LogP contribution in [0.1, 0.15) is 13.8 Å². The standard InChI is InChI=1S/C14H14N4O4S2/c1-14(2)11(19)17(12(20)16-14)5-6-23-13-15-9-4-3-8(18(21)22)7-10(9)24-13/h3-4,7H,5-6H2,1-2H3,(H,16,20). The number of nitro benzene ring substituents is 1. The predicted octanol–water partition coefficient (Wildman–Crippen LogP) is 2.63. The summed E-state index contributed by atoms with van der Waals surface area (Å²) >= 11 is 2.77. The minimum atomic E-state index is -0.865. The Morgan fingerprint density at radius 1 is 1.42 bits per heavy atom. The Morgan fingerprint density at radius 3 is 2.79 bits per heavy atom.